The van der Waals surface area contributed by atoms with Crippen LogP contribution < -0.4 is 20.4 Å². The zero-order valence-electron chi connectivity index (χ0n) is 24.2. The zero-order valence-corrected chi connectivity index (χ0v) is 24.2. The fourth-order valence-corrected chi connectivity index (χ4v) is 5.78. The average molecular weight is 543 g/mol. The van der Waals surface area contributed by atoms with Gasteiger partial charge in [0.25, 0.3) is 5.91 Å². The smallest absolute Gasteiger partial charge is 0.256 e. The number of likely N-dealkylation sites (N-methyl/N-ethyl adjacent to an activating group) is 1. The number of aromatic nitrogens is 1. The van der Waals surface area contributed by atoms with Crippen LogP contribution in [-0.2, 0) is 0 Å². The molecule has 0 radical (unpaired) electrons. The van der Waals surface area contributed by atoms with E-state index in [1.807, 2.05) is 16.4 Å². The highest BCUT2D eigenvalue weighted by Gasteiger charge is 2.31. The van der Waals surface area contributed by atoms with Crippen molar-refractivity contribution in [1.29, 1.82) is 0 Å². The summed E-state index contributed by atoms with van der Waals surface area (Å²) in [6, 6.07) is 1.22. The van der Waals surface area contributed by atoms with Crippen molar-refractivity contribution in [3.8, 4) is 5.75 Å². The first-order valence-electron chi connectivity index (χ1n) is 15.2. The van der Waals surface area contributed by atoms with Crippen molar-refractivity contribution in [3.05, 3.63) is 33.9 Å². The standard InChI is InChI=1S/C31H47FN4O3/c1-4-5-6-7-8-9-10-11-12-13-14-15-33-31(38)25-21-36-23(2)22-39-30-27(36)24(29(25)37)20-26(32)28(30)35-18-16-34(3)17-19-35/h20-21,23H,4-19,22H2,1-3H3,(H,33,38)/t23-/m0/s1. The van der Waals surface area contributed by atoms with Crippen LogP contribution in [0.15, 0.2) is 17.1 Å². The van der Waals surface area contributed by atoms with Gasteiger partial charge in [0.2, 0.25) is 5.43 Å². The number of hydrogen-bond donors (Lipinski definition) is 1. The lowest BCUT2D eigenvalue weighted by molar-refractivity contribution is 0.0950. The van der Waals surface area contributed by atoms with Gasteiger partial charge in [0.15, 0.2) is 11.6 Å². The number of amides is 1. The van der Waals surface area contributed by atoms with Crippen LogP contribution in [0.2, 0.25) is 0 Å². The number of rotatable bonds is 14. The Kier molecular flexibility index (Phi) is 10.7. The largest absolute Gasteiger partial charge is 0.487 e. The van der Waals surface area contributed by atoms with E-state index in [9.17, 15) is 9.59 Å². The van der Waals surface area contributed by atoms with Gasteiger partial charge in [0.1, 0.15) is 17.9 Å². The lowest BCUT2D eigenvalue weighted by atomic mass is 10.0. The Morgan fingerprint density at radius 2 is 1.62 bits per heavy atom. The third-order valence-electron chi connectivity index (χ3n) is 8.27. The Bertz CT molecular complexity index is 1170. The molecule has 2 aliphatic rings. The first kappa shape index (κ1) is 29.4. The molecule has 8 heteroatoms. The highest BCUT2D eigenvalue weighted by atomic mass is 19.1. The quantitative estimate of drug-likeness (QED) is 0.302. The third kappa shape index (κ3) is 7.13. The molecule has 2 aromatic rings. The minimum Gasteiger partial charge on any atom is -0.487 e. The van der Waals surface area contributed by atoms with Gasteiger partial charge in [-0.05, 0) is 26.5 Å². The summed E-state index contributed by atoms with van der Waals surface area (Å²) in [4.78, 5) is 30.7. The molecular weight excluding hydrogens is 495 g/mol. The number of carbonyl (C=O) groups is 1. The number of piperazine rings is 1. The van der Waals surface area contributed by atoms with Crippen LogP contribution in [0.1, 0.15) is 101 Å². The van der Waals surface area contributed by atoms with Crippen molar-refractivity contribution in [2.24, 2.45) is 0 Å². The molecule has 39 heavy (non-hydrogen) atoms. The van der Waals surface area contributed by atoms with Gasteiger partial charge in [0.05, 0.1) is 16.9 Å². The third-order valence-corrected chi connectivity index (χ3v) is 8.27. The topological polar surface area (TPSA) is 66.8 Å². The first-order chi connectivity index (χ1) is 18.9. The number of unbranched alkanes of at least 4 members (excludes halogenated alkanes) is 10. The minimum atomic E-state index is -0.473. The molecule has 0 spiro atoms. The molecule has 1 aromatic carbocycles. The second-order valence-corrected chi connectivity index (χ2v) is 11.5. The second-order valence-electron chi connectivity index (χ2n) is 11.5. The summed E-state index contributed by atoms with van der Waals surface area (Å²) in [6.07, 6.45) is 15.3. The van der Waals surface area contributed by atoms with E-state index in [2.05, 4.69) is 24.2 Å². The van der Waals surface area contributed by atoms with Gasteiger partial charge in [-0.1, -0.05) is 71.1 Å². The fraction of sp³-hybridized carbons (Fsp3) is 0.677. The Hall–Kier alpha value is -2.61. The Morgan fingerprint density at radius 1 is 1.00 bits per heavy atom. The first-order valence-corrected chi connectivity index (χ1v) is 15.2. The summed E-state index contributed by atoms with van der Waals surface area (Å²) >= 11 is 0. The second kappa shape index (κ2) is 14.1. The summed E-state index contributed by atoms with van der Waals surface area (Å²) in [5, 5.41) is 3.13. The number of hydrogen-bond acceptors (Lipinski definition) is 5. The minimum absolute atomic E-state index is 0.0667. The molecule has 1 amide bonds. The van der Waals surface area contributed by atoms with Crippen LogP contribution >= 0.6 is 0 Å². The molecule has 1 atom stereocenters. The predicted molar refractivity (Wildman–Crippen MR) is 157 cm³/mol. The normalized spacial score (nSPS) is 17.4. The van der Waals surface area contributed by atoms with Crippen LogP contribution in [0.4, 0.5) is 10.1 Å². The van der Waals surface area contributed by atoms with Crippen LogP contribution in [0, 0.1) is 5.82 Å². The average Bonchev–Trinajstić information content (AvgIpc) is 2.93. The summed E-state index contributed by atoms with van der Waals surface area (Å²) in [7, 11) is 2.05. The van der Waals surface area contributed by atoms with E-state index in [1.54, 1.807) is 6.20 Å². The Morgan fingerprint density at radius 3 is 2.26 bits per heavy atom. The summed E-state index contributed by atoms with van der Waals surface area (Å²) in [5.74, 6) is -0.446. The van der Waals surface area contributed by atoms with Crippen molar-refractivity contribution in [2.45, 2.75) is 90.5 Å². The van der Waals surface area contributed by atoms with Crippen LogP contribution in [0.3, 0.4) is 0 Å². The maximum absolute atomic E-state index is 15.5. The van der Waals surface area contributed by atoms with E-state index >= 15 is 4.39 Å². The lowest BCUT2D eigenvalue weighted by Gasteiger charge is -2.37. The molecule has 3 heterocycles. The zero-order chi connectivity index (χ0) is 27.8. The summed E-state index contributed by atoms with van der Waals surface area (Å²) < 4.78 is 23.5. The highest BCUT2D eigenvalue weighted by molar-refractivity contribution is 6.00. The van der Waals surface area contributed by atoms with Gasteiger partial charge in [0, 0.05) is 38.9 Å². The van der Waals surface area contributed by atoms with Gasteiger partial charge in [-0.3, -0.25) is 9.59 Å². The molecule has 7 nitrogen and oxygen atoms in total. The summed E-state index contributed by atoms with van der Waals surface area (Å²) in [5.41, 5.74) is 0.623. The van der Waals surface area contributed by atoms with Crippen LogP contribution in [-0.4, -0.2) is 61.8 Å². The van der Waals surface area contributed by atoms with Crippen LogP contribution in [0.5, 0.6) is 5.75 Å². The number of nitrogens with one attached hydrogen (secondary N) is 1. The van der Waals surface area contributed by atoms with Gasteiger partial charge < -0.3 is 24.4 Å². The molecule has 0 saturated carbocycles. The number of benzene rings is 1. The van der Waals surface area contributed by atoms with E-state index in [1.165, 1.54) is 63.9 Å². The number of anilines is 1. The molecule has 1 N–H and O–H groups in total. The van der Waals surface area contributed by atoms with E-state index < -0.39 is 11.2 Å². The molecule has 0 unspecified atom stereocenters. The number of ether oxygens (including phenoxy) is 1. The number of nitrogens with zero attached hydrogens (tertiary/aromatic N) is 3. The summed E-state index contributed by atoms with van der Waals surface area (Å²) in [6.45, 7) is 8.16. The SMILES string of the molecule is CCCCCCCCCCCCCNC(=O)c1cn2c3c(c(N4CCN(C)CC4)c(F)cc3c1=O)OC[C@@H]2C. The van der Waals surface area contributed by atoms with Crippen LogP contribution in [0.25, 0.3) is 10.9 Å². The van der Waals surface area contributed by atoms with E-state index in [0.29, 0.717) is 43.2 Å². The molecule has 4 rings (SSSR count). The molecule has 1 fully saturated rings. The maximum atomic E-state index is 15.5. The van der Waals surface area contributed by atoms with E-state index in [0.717, 1.165) is 25.9 Å². The fourth-order valence-electron chi connectivity index (χ4n) is 5.78. The van der Waals surface area contributed by atoms with E-state index in [-0.39, 0.29) is 22.9 Å². The molecule has 216 valence electrons. The van der Waals surface area contributed by atoms with E-state index in [4.69, 9.17) is 4.74 Å². The van der Waals surface area contributed by atoms with Crippen molar-refractivity contribution >= 4 is 22.5 Å². The molecule has 2 aliphatic heterocycles. The number of carbonyl (C=O) groups excluding carboxylic acids is 1. The monoisotopic (exact) mass is 542 g/mol. The number of halogens is 1. The molecule has 1 aromatic heterocycles. The van der Waals surface area contributed by atoms with Gasteiger partial charge >= 0.3 is 0 Å². The molecular formula is C31H47FN4O3. The predicted octanol–water partition coefficient (Wildman–Crippen LogP) is 5.89. The van der Waals surface area contributed by atoms with Gasteiger partial charge in [-0.25, -0.2) is 4.39 Å². The Labute approximate surface area is 232 Å². The van der Waals surface area contributed by atoms with Crippen molar-refractivity contribution in [1.82, 2.24) is 14.8 Å². The number of pyridine rings is 1. The molecule has 1 saturated heterocycles. The molecule has 0 aliphatic carbocycles. The lowest BCUT2D eigenvalue weighted by Crippen LogP contribution is -2.45. The van der Waals surface area contributed by atoms with Gasteiger partial charge in [-0.2, -0.15) is 0 Å². The van der Waals surface area contributed by atoms with Crippen molar-refractivity contribution < 1.29 is 13.9 Å². The molecule has 0 bridgehead atoms. The van der Waals surface area contributed by atoms with Crippen molar-refractivity contribution in [2.75, 3.05) is 51.3 Å². The Balaban J connectivity index is 1.37. The van der Waals surface area contributed by atoms with Gasteiger partial charge in [-0.15, -0.1) is 0 Å². The maximum Gasteiger partial charge on any atom is 0.256 e. The van der Waals surface area contributed by atoms with Crippen molar-refractivity contribution in [3.63, 3.8) is 0 Å². The highest BCUT2D eigenvalue weighted by Crippen LogP contribution is 2.42.